The standard InChI is InChI=1S/C13H18FNO2/c14-11-3-4-13(10(8-11)5-6-15)17-12-2-1-7-16-9-12/h3-4,8,12H,1-2,5-7,9,15H2. The van der Waals surface area contributed by atoms with Gasteiger partial charge in [0.15, 0.2) is 0 Å². The van der Waals surface area contributed by atoms with Crippen molar-refractivity contribution < 1.29 is 13.9 Å². The van der Waals surface area contributed by atoms with Gasteiger partial charge in [0.1, 0.15) is 17.7 Å². The molecule has 94 valence electrons. The second kappa shape index (κ2) is 5.98. The molecule has 0 bridgehead atoms. The molecule has 3 nitrogen and oxygen atoms in total. The van der Waals surface area contributed by atoms with Gasteiger partial charge in [-0.15, -0.1) is 0 Å². The van der Waals surface area contributed by atoms with Gasteiger partial charge in [-0.3, -0.25) is 0 Å². The van der Waals surface area contributed by atoms with E-state index >= 15 is 0 Å². The molecule has 1 aromatic carbocycles. The fourth-order valence-corrected chi connectivity index (χ4v) is 2.00. The van der Waals surface area contributed by atoms with Gasteiger partial charge < -0.3 is 15.2 Å². The van der Waals surface area contributed by atoms with E-state index in [1.54, 1.807) is 6.07 Å². The smallest absolute Gasteiger partial charge is 0.123 e. The second-order valence-corrected chi connectivity index (χ2v) is 4.25. The lowest BCUT2D eigenvalue weighted by atomic mass is 10.1. The number of ether oxygens (including phenoxy) is 2. The zero-order chi connectivity index (χ0) is 12.1. The Morgan fingerprint density at radius 1 is 1.47 bits per heavy atom. The monoisotopic (exact) mass is 239 g/mol. The van der Waals surface area contributed by atoms with Crippen LogP contribution in [0.25, 0.3) is 0 Å². The van der Waals surface area contributed by atoms with Crippen molar-refractivity contribution in [3.05, 3.63) is 29.6 Å². The van der Waals surface area contributed by atoms with Crippen LogP contribution in [-0.2, 0) is 11.2 Å². The third kappa shape index (κ3) is 3.41. The third-order valence-corrected chi connectivity index (χ3v) is 2.85. The minimum atomic E-state index is -0.249. The van der Waals surface area contributed by atoms with Gasteiger partial charge >= 0.3 is 0 Å². The molecule has 2 N–H and O–H groups in total. The maximum atomic E-state index is 13.1. The van der Waals surface area contributed by atoms with E-state index in [1.807, 2.05) is 0 Å². The summed E-state index contributed by atoms with van der Waals surface area (Å²) in [5, 5.41) is 0. The molecule has 1 heterocycles. The summed E-state index contributed by atoms with van der Waals surface area (Å²) in [6.07, 6.45) is 2.70. The molecule has 0 spiro atoms. The third-order valence-electron chi connectivity index (χ3n) is 2.85. The van der Waals surface area contributed by atoms with Crippen LogP contribution in [-0.4, -0.2) is 25.9 Å². The topological polar surface area (TPSA) is 44.5 Å². The van der Waals surface area contributed by atoms with Crippen molar-refractivity contribution in [3.63, 3.8) is 0 Å². The van der Waals surface area contributed by atoms with E-state index in [9.17, 15) is 4.39 Å². The lowest BCUT2D eigenvalue weighted by Gasteiger charge is -2.24. The molecule has 1 aliphatic rings. The van der Waals surface area contributed by atoms with Crippen LogP contribution in [0.15, 0.2) is 18.2 Å². The molecule has 1 aliphatic heterocycles. The number of nitrogens with two attached hydrogens (primary N) is 1. The molecule has 1 fully saturated rings. The van der Waals surface area contributed by atoms with Crippen molar-refractivity contribution in [2.75, 3.05) is 19.8 Å². The quantitative estimate of drug-likeness (QED) is 0.872. The van der Waals surface area contributed by atoms with Crippen LogP contribution < -0.4 is 10.5 Å². The molecule has 2 rings (SSSR count). The molecular formula is C13H18FNO2. The average molecular weight is 239 g/mol. The van der Waals surface area contributed by atoms with Gasteiger partial charge in [-0.25, -0.2) is 4.39 Å². The fraction of sp³-hybridized carbons (Fsp3) is 0.538. The number of hydrogen-bond acceptors (Lipinski definition) is 3. The van der Waals surface area contributed by atoms with Gasteiger partial charge in [0.2, 0.25) is 0 Å². The maximum Gasteiger partial charge on any atom is 0.123 e. The Balaban J connectivity index is 2.07. The van der Waals surface area contributed by atoms with E-state index in [2.05, 4.69) is 0 Å². The molecule has 0 saturated carbocycles. The molecule has 1 aromatic rings. The van der Waals surface area contributed by atoms with E-state index in [-0.39, 0.29) is 11.9 Å². The molecule has 0 aliphatic carbocycles. The van der Waals surface area contributed by atoms with Crippen LogP contribution in [0, 0.1) is 5.82 Å². The first kappa shape index (κ1) is 12.3. The molecule has 1 saturated heterocycles. The van der Waals surface area contributed by atoms with Crippen LogP contribution in [0.5, 0.6) is 5.75 Å². The van der Waals surface area contributed by atoms with E-state index in [1.165, 1.54) is 12.1 Å². The number of hydrogen-bond donors (Lipinski definition) is 1. The van der Waals surface area contributed by atoms with Gasteiger partial charge in [-0.05, 0) is 49.6 Å². The largest absolute Gasteiger partial charge is 0.488 e. The first-order chi connectivity index (χ1) is 8.29. The van der Waals surface area contributed by atoms with Crippen LogP contribution in [0.3, 0.4) is 0 Å². The summed E-state index contributed by atoms with van der Waals surface area (Å²) in [4.78, 5) is 0. The van der Waals surface area contributed by atoms with Crippen molar-refractivity contribution in [1.29, 1.82) is 0 Å². The van der Waals surface area contributed by atoms with Crippen molar-refractivity contribution in [3.8, 4) is 5.75 Å². The summed E-state index contributed by atoms with van der Waals surface area (Å²) in [7, 11) is 0. The number of halogens is 1. The van der Waals surface area contributed by atoms with Crippen molar-refractivity contribution >= 4 is 0 Å². The molecule has 0 amide bonds. The van der Waals surface area contributed by atoms with Gasteiger partial charge in [0, 0.05) is 6.61 Å². The van der Waals surface area contributed by atoms with Gasteiger partial charge in [0.25, 0.3) is 0 Å². The van der Waals surface area contributed by atoms with E-state index in [0.29, 0.717) is 19.6 Å². The minimum absolute atomic E-state index is 0.0748. The highest BCUT2D eigenvalue weighted by atomic mass is 19.1. The highest BCUT2D eigenvalue weighted by Gasteiger charge is 2.17. The van der Waals surface area contributed by atoms with Crippen LogP contribution in [0.2, 0.25) is 0 Å². The summed E-state index contributed by atoms with van der Waals surface area (Å²) in [6, 6.07) is 4.58. The highest BCUT2D eigenvalue weighted by molar-refractivity contribution is 5.34. The SMILES string of the molecule is NCCc1cc(F)ccc1OC1CCCOC1. The maximum absolute atomic E-state index is 13.1. The zero-order valence-corrected chi connectivity index (χ0v) is 9.82. The van der Waals surface area contributed by atoms with Crippen molar-refractivity contribution in [2.24, 2.45) is 5.73 Å². The summed E-state index contributed by atoms with van der Waals surface area (Å²) in [5.74, 6) is 0.480. The molecule has 1 atom stereocenters. The Labute approximate surface area is 101 Å². The molecule has 1 unspecified atom stereocenters. The summed E-state index contributed by atoms with van der Waals surface area (Å²) in [5.41, 5.74) is 6.34. The summed E-state index contributed by atoms with van der Waals surface area (Å²) < 4.78 is 24.3. The number of benzene rings is 1. The zero-order valence-electron chi connectivity index (χ0n) is 9.82. The summed E-state index contributed by atoms with van der Waals surface area (Å²) in [6.45, 7) is 1.90. The first-order valence-electron chi connectivity index (χ1n) is 6.02. The van der Waals surface area contributed by atoms with E-state index in [0.717, 1.165) is 30.8 Å². The van der Waals surface area contributed by atoms with Crippen molar-refractivity contribution in [1.82, 2.24) is 0 Å². The highest BCUT2D eigenvalue weighted by Crippen LogP contribution is 2.23. The molecular weight excluding hydrogens is 221 g/mol. The lowest BCUT2D eigenvalue weighted by molar-refractivity contribution is 0.00702. The molecule has 17 heavy (non-hydrogen) atoms. The summed E-state index contributed by atoms with van der Waals surface area (Å²) >= 11 is 0. The molecule has 0 radical (unpaired) electrons. The second-order valence-electron chi connectivity index (χ2n) is 4.25. The predicted octanol–water partition coefficient (Wildman–Crippen LogP) is 1.88. The predicted molar refractivity (Wildman–Crippen MR) is 63.6 cm³/mol. The Morgan fingerprint density at radius 3 is 3.06 bits per heavy atom. The Kier molecular flexibility index (Phi) is 4.34. The minimum Gasteiger partial charge on any atom is -0.488 e. The van der Waals surface area contributed by atoms with Crippen LogP contribution in [0.1, 0.15) is 18.4 Å². The fourth-order valence-electron chi connectivity index (χ4n) is 2.00. The Morgan fingerprint density at radius 2 is 2.35 bits per heavy atom. The van der Waals surface area contributed by atoms with Crippen molar-refractivity contribution in [2.45, 2.75) is 25.4 Å². The van der Waals surface area contributed by atoms with Gasteiger partial charge in [0.05, 0.1) is 6.61 Å². The average Bonchev–Trinajstić information content (AvgIpc) is 2.34. The van der Waals surface area contributed by atoms with E-state index < -0.39 is 0 Å². The van der Waals surface area contributed by atoms with E-state index in [4.69, 9.17) is 15.2 Å². The van der Waals surface area contributed by atoms with Gasteiger partial charge in [-0.2, -0.15) is 0 Å². The van der Waals surface area contributed by atoms with Gasteiger partial charge in [-0.1, -0.05) is 0 Å². The van der Waals surface area contributed by atoms with Crippen LogP contribution in [0.4, 0.5) is 4.39 Å². The normalized spacial score (nSPS) is 20.2. The molecule has 0 aromatic heterocycles. The Hall–Kier alpha value is -1.13. The first-order valence-corrected chi connectivity index (χ1v) is 6.02. The lowest BCUT2D eigenvalue weighted by Crippen LogP contribution is -2.28. The molecule has 4 heteroatoms. The number of rotatable bonds is 4. The Bertz CT molecular complexity index is 364. The van der Waals surface area contributed by atoms with Crippen LogP contribution >= 0.6 is 0 Å².